The first-order valence-corrected chi connectivity index (χ1v) is 6.61. The molecule has 0 spiro atoms. The number of carbonyl (C=O) groups is 1. The highest BCUT2D eigenvalue weighted by Crippen LogP contribution is 2.31. The SMILES string of the molecule is CCC1=CCC=C(CCCCC(=O)OC)C(F)=C1F. The van der Waals surface area contributed by atoms with Crippen molar-refractivity contribution in [3.8, 4) is 0 Å². The van der Waals surface area contributed by atoms with Crippen LogP contribution in [0, 0.1) is 0 Å². The Balaban J connectivity index is 2.53. The van der Waals surface area contributed by atoms with Gasteiger partial charge < -0.3 is 4.74 Å². The lowest BCUT2D eigenvalue weighted by atomic mass is 10.0. The zero-order valence-corrected chi connectivity index (χ0v) is 11.5. The average Bonchev–Trinajstić information content (AvgIpc) is 2.56. The van der Waals surface area contributed by atoms with Crippen molar-refractivity contribution < 1.29 is 18.3 Å². The van der Waals surface area contributed by atoms with Crippen LogP contribution < -0.4 is 0 Å². The second-order valence-corrected chi connectivity index (χ2v) is 4.46. The third-order valence-electron chi connectivity index (χ3n) is 3.17. The van der Waals surface area contributed by atoms with Crippen molar-refractivity contribution in [3.05, 3.63) is 35.0 Å². The Morgan fingerprint density at radius 1 is 1.21 bits per heavy atom. The molecule has 0 aromatic rings. The van der Waals surface area contributed by atoms with Crippen LogP contribution in [0.25, 0.3) is 0 Å². The van der Waals surface area contributed by atoms with Crippen molar-refractivity contribution >= 4 is 5.97 Å². The van der Waals surface area contributed by atoms with E-state index in [9.17, 15) is 13.6 Å². The molecule has 0 aromatic heterocycles. The number of unbranched alkanes of at least 4 members (excludes halogenated alkanes) is 1. The summed E-state index contributed by atoms with van der Waals surface area (Å²) in [5.74, 6) is -1.75. The van der Waals surface area contributed by atoms with Crippen LogP contribution in [-0.2, 0) is 9.53 Å². The Hall–Kier alpha value is -1.45. The topological polar surface area (TPSA) is 26.3 Å². The van der Waals surface area contributed by atoms with Gasteiger partial charge in [0.2, 0.25) is 0 Å². The molecule has 106 valence electrons. The molecule has 19 heavy (non-hydrogen) atoms. The summed E-state index contributed by atoms with van der Waals surface area (Å²) >= 11 is 0. The van der Waals surface area contributed by atoms with Crippen molar-refractivity contribution in [1.82, 2.24) is 0 Å². The van der Waals surface area contributed by atoms with E-state index in [1.165, 1.54) is 7.11 Å². The van der Waals surface area contributed by atoms with Gasteiger partial charge in [0.15, 0.2) is 11.7 Å². The van der Waals surface area contributed by atoms with Crippen molar-refractivity contribution in [2.75, 3.05) is 7.11 Å². The molecule has 0 aliphatic heterocycles. The van der Waals surface area contributed by atoms with Gasteiger partial charge in [-0.3, -0.25) is 4.79 Å². The number of allylic oxidation sites excluding steroid dienone is 6. The molecular weight excluding hydrogens is 250 g/mol. The number of hydrogen-bond donors (Lipinski definition) is 0. The molecule has 0 unspecified atom stereocenters. The number of rotatable bonds is 6. The Morgan fingerprint density at radius 3 is 2.47 bits per heavy atom. The molecule has 0 amide bonds. The summed E-state index contributed by atoms with van der Waals surface area (Å²) in [4.78, 5) is 10.9. The zero-order valence-electron chi connectivity index (χ0n) is 11.5. The van der Waals surface area contributed by atoms with E-state index in [4.69, 9.17) is 0 Å². The normalized spacial score (nSPS) is 15.8. The Labute approximate surface area is 112 Å². The third-order valence-corrected chi connectivity index (χ3v) is 3.17. The highest BCUT2D eigenvalue weighted by atomic mass is 19.2. The van der Waals surface area contributed by atoms with E-state index in [-0.39, 0.29) is 5.97 Å². The molecule has 0 aromatic carbocycles. The van der Waals surface area contributed by atoms with Crippen LogP contribution in [0.2, 0.25) is 0 Å². The molecule has 0 radical (unpaired) electrons. The molecule has 4 heteroatoms. The number of ether oxygens (including phenoxy) is 1. The van der Waals surface area contributed by atoms with Gasteiger partial charge in [0.1, 0.15) is 0 Å². The first-order valence-electron chi connectivity index (χ1n) is 6.61. The van der Waals surface area contributed by atoms with Gasteiger partial charge in [-0.2, -0.15) is 0 Å². The summed E-state index contributed by atoms with van der Waals surface area (Å²) in [6, 6.07) is 0. The van der Waals surface area contributed by atoms with Crippen molar-refractivity contribution in [2.45, 2.75) is 45.4 Å². The molecule has 0 N–H and O–H groups in total. The third kappa shape index (κ3) is 4.62. The smallest absolute Gasteiger partial charge is 0.305 e. The molecule has 0 saturated heterocycles. The van der Waals surface area contributed by atoms with E-state index in [0.717, 1.165) is 0 Å². The minimum Gasteiger partial charge on any atom is -0.469 e. The molecule has 0 atom stereocenters. The molecule has 1 aliphatic carbocycles. The number of esters is 1. The quantitative estimate of drug-likeness (QED) is 0.523. The molecule has 0 heterocycles. The summed E-state index contributed by atoms with van der Waals surface area (Å²) in [7, 11) is 1.34. The Bertz CT molecular complexity index is 420. The van der Waals surface area contributed by atoms with Gasteiger partial charge in [-0.1, -0.05) is 19.1 Å². The minimum absolute atomic E-state index is 0.271. The van der Waals surface area contributed by atoms with Gasteiger partial charge >= 0.3 is 5.97 Å². The van der Waals surface area contributed by atoms with Gasteiger partial charge in [0.25, 0.3) is 0 Å². The van der Waals surface area contributed by atoms with Crippen LogP contribution in [0.15, 0.2) is 35.0 Å². The van der Waals surface area contributed by atoms with Crippen LogP contribution in [-0.4, -0.2) is 13.1 Å². The summed E-state index contributed by atoms with van der Waals surface area (Å²) in [6.45, 7) is 1.81. The highest BCUT2D eigenvalue weighted by molar-refractivity contribution is 5.68. The predicted octanol–water partition coefficient (Wildman–Crippen LogP) is 4.54. The second-order valence-electron chi connectivity index (χ2n) is 4.46. The standard InChI is InChI=1S/C15H20F2O2/c1-3-11-8-6-9-12(15(17)14(11)16)7-4-5-10-13(18)19-2/h8-9H,3-7,10H2,1-2H3. The Morgan fingerprint density at radius 2 is 1.84 bits per heavy atom. The van der Waals surface area contributed by atoms with Crippen LogP contribution in [0.3, 0.4) is 0 Å². The largest absolute Gasteiger partial charge is 0.469 e. The van der Waals surface area contributed by atoms with E-state index in [1.807, 2.05) is 0 Å². The molecule has 0 saturated carbocycles. The fourth-order valence-corrected chi connectivity index (χ4v) is 2.00. The number of methoxy groups -OCH3 is 1. The van der Waals surface area contributed by atoms with Gasteiger partial charge in [-0.05, 0) is 43.3 Å². The maximum Gasteiger partial charge on any atom is 0.305 e. The van der Waals surface area contributed by atoms with Crippen molar-refractivity contribution in [2.24, 2.45) is 0 Å². The minimum atomic E-state index is -0.747. The van der Waals surface area contributed by atoms with Gasteiger partial charge in [-0.15, -0.1) is 0 Å². The fraction of sp³-hybridized carbons (Fsp3) is 0.533. The van der Waals surface area contributed by atoms with Crippen LogP contribution in [0.1, 0.15) is 45.4 Å². The summed E-state index contributed by atoms with van der Waals surface area (Å²) in [6.07, 6.45) is 6.50. The van der Waals surface area contributed by atoms with Gasteiger partial charge in [-0.25, -0.2) is 8.78 Å². The monoisotopic (exact) mass is 270 g/mol. The lowest BCUT2D eigenvalue weighted by Crippen LogP contribution is -1.99. The molecule has 0 bridgehead atoms. The number of halogens is 2. The maximum atomic E-state index is 13.9. The second kappa shape index (κ2) is 7.87. The van der Waals surface area contributed by atoms with E-state index in [1.54, 1.807) is 19.1 Å². The van der Waals surface area contributed by atoms with Crippen LogP contribution >= 0.6 is 0 Å². The molecule has 2 nitrogen and oxygen atoms in total. The average molecular weight is 270 g/mol. The zero-order chi connectivity index (χ0) is 14.3. The summed E-state index contributed by atoms with van der Waals surface area (Å²) in [5.41, 5.74) is 0.834. The first-order chi connectivity index (χ1) is 9.10. The molecular formula is C15H20F2O2. The highest BCUT2D eigenvalue weighted by Gasteiger charge is 2.16. The number of hydrogen-bond acceptors (Lipinski definition) is 2. The van der Waals surface area contributed by atoms with E-state index in [0.29, 0.717) is 49.7 Å². The summed E-state index contributed by atoms with van der Waals surface area (Å²) < 4.78 is 32.2. The van der Waals surface area contributed by atoms with Crippen LogP contribution in [0.5, 0.6) is 0 Å². The molecule has 1 aliphatic rings. The van der Waals surface area contributed by atoms with Crippen molar-refractivity contribution in [3.63, 3.8) is 0 Å². The maximum absolute atomic E-state index is 13.9. The lowest BCUT2D eigenvalue weighted by molar-refractivity contribution is -0.140. The molecule has 0 fully saturated rings. The van der Waals surface area contributed by atoms with E-state index >= 15 is 0 Å². The van der Waals surface area contributed by atoms with Gasteiger partial charge in [0, 0.05) is 6.42 Å². The van der Waals surface area contributed by atoms with E-state index < -0.39 is 11.7 Å². The van der Waals surface area contributed by atoms with Crippen LogP contribution in [0.4, 0.5) is 8.78 Å². The van der Waals surface area contributed by atoms with Gasteiger partial charge in [0.05, 0.1) is 7.11 Å². The Kier molecular flexibility index (Phi) is 6.46. The summed E-state index contributed by atoms with van der Waals surface area (Å²) in [5, 5.41) is 0. The number of carbonyl (C=O) groups excluding carboxylic acids is 1. The predicted molar refractivity (Wildman–Crippen MR) is 70.8 cm³/mol. The van der Waals surface area contributed by atoms with Crippen molar-refractivity contribution in [1.29, 1.82) is 0 Å². The fourth-order valence-electron chi connectivity index (χ4n) is 2.00. The lowest BCUT2D eigenvalue weighted by Gasteiger charge is -2.06. The first kappa shape index (κ1) is 15.6. The molecule has 1 rings (SSSR count). The van der Waals surface area contributed by atoms with E-state index in [2.05, 4.69) is 4.74 Å².